The predicted octanol–water partition coefficient (Wildman–Crippen LogP) is -0.252. The molecule has 3 N–H and O–H groups in total. The molecule has 0 bridgehead atoms. The predicted molar refractivity (Wildman–Crippen MR) is 82.9 cm³/mol. The van der Waals surface area contributed by atoms with Gasteiger partial charge in [-0.05, 0) is 18.9 Å². The van der Waals surface area contributed by atoms with E-state index in [4.69, 9.17) is 0 Å². The van der Waals surface area contributed by atoms with Crippen molar-refractivity contribution in [3.05, 3.63) is 23.8 Å². The quantitative estimate of drug-likeness (QED) is 0.461. The minimum atomic E-state index is -0.742. The number of imide groups is 1. The third kappa shape index (κ3) is 3.56. The Kier molecular flexibility index (Phi) is 4.56. The molecule has 3 rings (SSSR count). The SMILES string of the molecule is O=C1NC(=O)C(C#CC2=CCCC(N3CCNCC3)C=C2)N1. The van der Waals surface area contributed by atoms with E-state index in [-0.39, 0.29) is 5.91 Å². The lowest BCUT2D eigenvalue weighted by atomic mass is 10.1. The second kappa shape index (κ2) is 6.77. The summed E-state index contributed by atoms with van der Waals surface area (Å²) in [4.78, 5) is 25.0. The lowest BCUT2D eigenvalue weighted by molar-refractivity contribution is -0.119. The third-order valence-corrected chi connectivity index (χ3v) is 4.08. The van der Waals surface area contributed by atoms with Crippen molar-refractivity contribution in [2.45, 2.75) is 24.9 Å². The van der Waals surface area contributed by atoms with Crippen molar-refractivity contribution in [1.29, 1.82) is 0 Å². The van der Waals surface area contributed by atoms with Gasteiger partial charge in [0.15, 0.2) is 6.04 Å². The highest BCUT2D eigenvalue weighted by molar-refractivity contribution is 6.05. The van der Waals surface area contributed by atoms with Crippen LogP contribution in [0.1, 0.15) is 12.8 Å². The second-order valence-corrected chi connectivity index (χ2v) is 5.61. The minimum Gasteiger partial charge on any atom is -0.316 e. The number of piperazine rings is 1. The standard InChI is InChI=1S/C16H20N4O2/c21-15-14(18-16(22)19-15)7-5-12-2-1-3-13(6-4-12)20-10-8-17-9-11-20/h2,4,6,13-14,17H,1,3,8-11H2,(H2,18,19,21,22). The Morgan fingerprint density at radius 3 is 2.77 bits per heavy atom. The number of carbonyl (C=O) groups is 2. The molecular weight excluding hydrogens is 280 g/mol. The van der Waals surface area contributed by atoms with Gasteiger partial charge in [-0.25, -0.2) is 4.79 Å². The number of allylic oxidation sites excluding steroid dienone is 3. The van der Waals surface area contributed by atoms with Crippen molar-refractivity contribution < 1.29 is 9.59 Å². The van der Waals surface area contributed by atoms with Crippen molar-refractivity contribution >= 4 is 11.9 Å². The van der Waals surface area contributed by atoms with Crippen LogP contribution in [0.25, 0.3) is 0 Å². The number of hydrogen-bond donors (Lipinski definition) is 3. The number of nitrogens with one attached hydrogen (secondary N) is 3. The minimum absolute atomic E-state index is 0.380. The monoisotopic (exact) mass is 300 g/mol. The molecule has 2 saturated heterocycles. The summed E-state index contributed by atoms with van der Waals surface area (Å²) in [5.41, 5.74) is 0.909. The lowest BCUT2D eigenvalue weighted by Crippen LogP contribution is -2.47. The molecule has 3 amide bonds. The van der Waals surface area contributed by atoms with E-state index in [0.717, 1.165) is 44.6 Å². The largest absolute Gasteiger partial charge is 0.322 e. The van der Waals surface area contributed by atoms with E-state index >= 15 is 0 Å². The summed E-state index contributed by atoms with van der Waals surface area (Å²) in [6, 6.07) is -0.769. The van der Waals surface area contributed by atoms with Gasteiger partial charge in [0.25, 0.3) is 5.91 Å². The third-order valence-electron chi connectivity index (χ3n) is 4.08. The average Bonchev–Trinajstić information content (AvgIpc) is 2.74. The van der Waals surface area contributed by atoms with Gasteiger partial charge in [0.1, 0.15) is 0 Å². The van der Waals surface area contributed by atoms with E-state index in [1.165, 1.54) is 0 Å². The molecule has 1 aliphatic carbocycles. The zero-order chi connectivity index (χ0) is 15.4. The molecule has 2 fully saturated rings. The molecule has 22 heavy (non-hydrogen) atoms. The summed E-state index contributed by atoms with van der Waals surface area (Å²) in [7, 11) is 0. The summed E-state index contributed by atoms with van der Waals surface area (Å²) < 4.78 is 0. The van der Waals surface area contributed by atoms with E-state index in [1.807, 2.05) is 6.08 Å². The molecule has 0 aromatic heterocycles. The number of rotatable bonds is 1. The van der Waals surface area contributed by atoms with Crippen molar-refractivity contribution in [2.24, 2.45) is 0 Å². The maximum atomic E-state index is 11.4. The van der Waals surface area contributed by atoms with Gasteiger partial charge in [0.05, 0.1) is 0 Å². The van der Waals surface area contributed by atoms with Crippen LogP contribution in [0.15, 0.2) is 23.8 Å². The molecular formula is C16H20N4O2. The van der Waals surface area contributed by atoms with Crippen molar-refractivity contribution in [1.82, 2.24) is 20.9 Å². The van der Waals surface area contributed by atoms with Crippen LogP contribution in [0, 0.1) is 11.8 Å². The van der Waals surface area contributed by atoms with E-state index in [9.17, 15) is 9.59 Å². The smallest absolute Gasteiger partial charge is 0.316 e. The van der Waals surface area contributed by atoms with Crippen LogP contribution in [0.3, 0.4) is 0 Å². The van der Waals surface area contributed by atoms with Gasteiger partial charge in [-0.3, -0.25) is 15.0 Å². The normalized spacial score (nSPS) is 29.0. The number of nitrogens with zero attached hydrogens (tertiary/aromatic N) is 1. The first-order valence-corrected chi connectivity index (χ1v) is 7.68. The van der Waals surface area contributed by atoms with Crippen LogP contribution in [0.2, 0.25) is 0 Å². The Hall–Kier alpha value is -2.10. The maximum Gasteiger partial charge on any atom is 0.322 e. The molecule has 0 aromatic carbocycles. The zero-order valence-electron chi connectivity index (χ0n) is 12.4. The summed E-state index contributed by atoms with van der Waals surface area (Å²) in [5, 5.41) is 8.02. The Balaban J connectivity index is 1.62. The van der Waals surface area contributed by atoms with Crippen LogP contribution in [-0.4, -0.2) is 55.1 Å². The summed E-state index contributed by atoms with van der Waals surface area (Å²) in [6.07, 6.45) is 8.38. The first kappa shape index (κ1) is 14.8. The first-order chi connectivity index (χ1) is 10.7. The fourth-order valence-corrected chi connectivity index (χ4v) is 2.87. The lowest BCUT2D eigenvalue weighted by Gasteiger charge is -2.32. The van der Waals surface area contributed by atoms with Crippen LogP contribution < -0.4 is 16.0 Å². The van der Waals surface area contributed by atoms with Crippen LogP contribution in [0.5, 0.6) is 0 Å². The zero-order valence-corrected chi connectivity index (χ0v) is 12.4. The van der Waals surface area contributed by atoms with Gasteiger partial charge in [-0.1, -0.05) is 24.0 Å². The maximum absolute atomic E-state index is 11.4. The van der Waals surface area contributed by atoms with Crippen molar-refractivity contribution in [3.8, 4) is 11.8 Å². The molecule has 6 nitrogen and oxygen atoms in total. The molecule has 0 spiro atoms. The summed E-state index contributed by atoms with van der Waals surface area (Å²) in [5.74, 6) is 5.43. The number of carbonyl (C=O) groups excluding carboxylic acids is 2. The van der Waals surface area contributed by atoms with Gasteiger partial charge >= 0.3 is 6.03 Å². The molecule has 2 aliphatic heterocycles. The molecule has 2 atom stereocenters. The van der Waals surface area contributed by atoms with E-state index < -0.39 is 12.1 Å². The van der Waals surface area contributed by atoms with Gasteiger partial charge in [-0.15, -0.1) is 0 Å². The first-order valence-electron chi connectivity index (χ1n) is 7.68. The van der Waals surface area contributed by atoms with Crippen LogP contribution in [-0.2, 0) is 4.79 Å². The van der Waals surface area contributed by atoms with Crippen molar-refractivity contribution in [3.63, 3.8) is 0 Å². The molecule has 116 valence electrons. The molecule has 0 radical (unpaired) electrons. The van der Waals surface area contributed by atoms with E-state index in [1.54, 1.807) is 0 Å². The van der Waals surface area contributed by atoms with Gasteiger partial charge in [0, 0.05) is 37.8 Å². The fourth-order valence-electron chi connectivity index (χ4n) is 2.87. The topological polar surface area (TPSA) is 73.5 Å². The highest BCUT2D eigenvalue weighted by Crippen LogP contribution is 2.16. The van der Waals surface area contributed by atoms with Crippen LogP contribution in [0.4, 0.5) is 4.79 Å². The Morgan fingerprint density at radius 2 is 2.05 bits per heavy atom. The Morgan fingerprint density at radius 1 is 1.23 bits per heavy atom. The molecule has 3 aliphatic rings. The molecule has 6 heteroatoms. The van der Waals surface area contributed by atoms with Gasteiger partial charge < -0.3 is 10.6 Å². The highest BCUT2D eigenvalue weighted by Gasteiger charge is 2.27. The molecule has 0 saturated carbocycles. The molecule has 2 unspecified atom stereocenters. The fraction of sp³-hybridized carbons (Fsp3) is 0.500. The summed E-state index contributed by atoms with van der Waals surface area (Å²) in [6.45, 7) is 4.23. The van der Waals surface area contributed by atoms with Gasteiger partial charge in [0.2, 0.25) is 0 Å². The van der Waals surface area contributed by atoms with E-state index in [0.29, 0.717) is 6.04 Å². The van der Waals surface area contributed by atoms with Gasteiger partial charge in [-0.2, -0.15) is 0 Å². The Labute approximate surface area is 130 Å². The second-order valence-electron chi connectivity index (χ2n) is 5.61. The number of hydrogen-bond acceptors (Lipinski definition) is 4. The molecule has 2 heterocycles. The van der Waals surface area contributed by atoms with Crippen LogP contribution >= 0.6 is 0 Å². The average molecular weight is 300 g/mol. The molecule has 0 aromatic rings. The highest BCUT2D eigenvalue weighted by atomic mass is 16.2. The van der Waals surface area contributed by atoms with Crippen molar-refractivity contribution in [2.75, 3.05) is 26.2 Å². The summed E-state index contributed by atoms with van der Waals surface area (Å²) >= 11 is 0. The number of urea groups is 1. The Bertz CT molecular complexity index is 579. The number of amides is 3. The van der Waals surface area contributed by atoms with E-state index in [2.05, 4.69) is 44.8 Å².